The van der Waals surface area contributed by atoms with E-state index < -0.39 is 0 Å². The molecule has 1 aromatic carbocycles. The van der Waals surface area contributed by atoms with E-state index in [0.29, 0.717) is 11.6 Å². The first-order valence-electron chi connectivity index (χ1n) is 4.27. The van der Waals surface area contributed by atoms with Gasteiger partial charge in [0, 0.05) is 6.07 Å². The average molecular weight is 222 g/mol. The first-order valence-corrected chi connectivity index (χ1v) is 4.65. The minimum atomic E-state index is 0.0911. The van der Waals surface area contributed by atoms with E-state index in [1.807, 2.05) is 30.3 Å². The number of nitrogens with two attached hydrogens (primary N) is 1. The van der Waals surface area contributed by atoms with Crippen LogP contribution in [0.4, 0.5) is 5.95 Å². The fourth-order valence-corrected chi connectivity index (χ4v) is 1.26. The number of benzene rings is 1. The van der Waals surface area contributed by atoms with Gasteiger partial charge in [0.15, 0.2) is 0 Å². The normalized spacial score (nSPS) is 9.93. The molecule has 0 aliphatic carbocycles. The van der Waals surface area contributed by atoms with Crippen LogP contribution in [0.5, 0.6) is 11.6 Å². The molecule has 0 atom stereocenters. The maximum Gasteiger partial charge on any atom is 0.225 e. The summed E-state index contributed by atoms with van der Waals surface area (Å²) in [6.07, 6.45) is 0. The van der Waals surface area contributed by atoms with Crippen LogP contribution in [0.3, 0.4) is 0 Å². The zero-order chi connectivity index (χ0) is 10.7. The topological polar surface area (TPSA) is 61.0 Å². The van der Waals surface area contributed by atoms with Gasteiger partial charge in [0.05, 0.1) is 0 Å². The van der Waals surface area contributed by atoms with Crippen LogP contribution in [-0.4, -0.2) is 9.97 Å². The minimum absolute atomic E-state index is 0.0911. The predicted molar refractivity (Wildman–Crippen MR) is 58.0 cm³/mol. The first kappa shape index (κ1) is 9.73. The van der Waals surface area contributed by atoms with Crippen LogP contribution in [0.15, 0.2) is 36.4 Å². The molecule has 15 heavy (non-hydrogen) atoms. The number of anilines is 1. The number of hydrogen-bond donors (Lipinski definition) is 1. The number of para-hydroxylation sites is 1. The molecule has 0 saturated carbocycles. The highest BCUT2D eigenvalue weighted by molar-refractivity contribution is 6.29. The molecule has 0 bridgehead atoms. The number of nitrogens with zero attached hydrogens (tertiary/aromatic N) is 2. The van der Waals surface area contributed by atoms with Crippen LogP contribution in [-0.2, 0) is 0 Å². The third-order valence-corrected chi connectivity index (χ3v) is 1.85. The van der Waals surface area contributed by atoms with Gasteiger partial charge in [-0.25, -0.2) is 4.98 Å². The second kappa shape index (κ2) is 4.14. The summed E-state index contributed by atoms with van der Waals surface area (Å²) in [5.41, 5.74) is 5.43. The Morgan fingerprint density at radius 3 is 2.53 bits per heavy atom. The van der Waals surface area contributed by atoms with E-state index in [-0.39, 0.29) is 11.1 Å². The van der Waals surface area contributed by atoms with Crippen molar-refractivity contribution in [3.05, 3.63) is 41.6 Å². The summed E-state index contributed by atoms with van der Waals surface area (Å²) in [6, 6.07) is 10.8. The van der Waals surface area contributed by atoms with Crippen LogP contribution in [0.1, 0.15) is 0 Å². The fraction of sp³-hybridized carbons (Fsp3) is 0. The molecule has 0 aliphatic heterocycles. The lowest BCUT2D eigenvalue weighted by molar-refractivity contribution is 0.462. The van der Waals surface area contributed by atoms with Crippen molar-refractivity contribution < 1.29 is 4.74 Å². The third-order valence-electron chi connectivity index (χ3n) is 1.65. The predicted octanol–water partition coefficient (Wildman–Crippen LogP) is 2.50. The van der Waals surface area contributed by atoms with Crippen molar-refractivity contribution in [2.45, 2.75) is 0 Å². The maximum absolute atomic E-state index is 5.71. The molecule has 0 fully saturated rings. The SMILES string of the molecule is Nc1nc(Cl)cc(Oc2ccccc2)n1. The van der Waals surface area contributed by atoms with Crippen molar-refractivity contribution in [2.75, 3.05) is 5.73 Å². The second-order valence-corrected chi connectivity index (χ2v) is 3.19. The molecule has 4 nitrogen and oxygen atoms in total. The van der Waals surface area contributed by atoms with Crippen LogP contribution >= 0.6 is 11.6 Å². The molecule has 0 spiro atoms. The molecule has 0 amide bonds. The molecule has 76 valence electrons. The fourth-order valence-electron chi connectivity index (χ4n) is 1.08. The van der Waals surface area contributed by atoms with Crippen molar-refractivity contribution in [2.24, 2.45) is 0 Å². The highest BCUT2D eigenvalue weighted by Crippen LogP contribution is 2.21. The van der Waals surface area contributed by atoms with E-state index in [4.69, 9.17) is 22.1 Å². The van der Waals surface area contributed by atoms with Crippen LogP contribution in [0.25, 0.3) is 0 Å². The highest BCUT2D eigenvalue weighted by atomic mass is 35.5. The maximum atomic E-state index is 5.71. The van der Waals surface area contributed by atoms with E-state index in [2.05, 4.69) is 9.97 Å². The molecular formula is C10H8ClN3O. The van der Waals surface area contributed by atoms with Crippen molar-refractivity contribution in [3.8, 4) is 11.6 Å². The van der Waals surface area contributed by atoms with Gasteiger partial charge < -0.3 is 10.5 Å². The summed E-state index contributed by atoms with van der Waals surface area (Å²) in [5, 5.41) is 0.258. The average Bonchev–Trinajstić information content (AvgIpc) is 2.17. The van der Waals surface area contributed by atoms with Gasteiger partial charge in [-0.05, 0) is 12.1 Å². The Hall–Kier alpha value is -1.81. The third kappa shape index (κ3) is 2.57. The summed E-state index contributed by atoms with van der Waals surface area (Å²) < 4.78 is 5.42. The van der Waals surface area contributed by atoms with Gasteiger partial charge in [-0.3, -0.25) is 0 Å². The van der Waals surface area contributed by atoms with Crippen LogP contribution in [0.2, 0.25) is 5.15 Å². The summed E-state index contributed by atoms with van der Waals surface area (Å²) >= 11 is 5.71. The highest BCUT2D eigenvalue weighted by Gasteiger charge is 2.02. The molecule has 5 heteroatoms. The van der Waals surface area contributed by atoms with Crippen molar-refractivity contribution in [1.82, 2.24) is 9.97 Å². The Kier molecular flexibility index (Phi) is 2.69. The molecule has 0 unspecified atom stereocenters. The first-order chi connectivity index (χ1) is 7.24. The Morgan fingerprint density at radius 1 is 1.13 bits per heavy atom. The number of nitrogen functional groups attached to an aromatic ring is 1. The van der Waals surface area contributed by atoms with Gasteiger partial charge in [0.2, 0.25) is 11.8 Å². The second-order valence-electron chi connectivity index (χ2n) is 2.80. The van der Waals surface area contributed by atoms with Gasteiger partial charge in [-0.15, -0.1) is 0 Å². The molecule has 0 aliphatic rings. The summed E-state index contributed by atoms with van der Waals surface area (Å²) in [6.45, 7) is 0. The summed E-state index contributed by atoms with van der Waals surface area (Å²) in [4.78, 5) is 7.62. The molecule has 1 heterocycles. The van der Waals surface area contributed by atoms with Gasteiger partial charge in [-0.1, -0.05) is 29.8 Å². The number of halogens is 1. The largest absolute Gasteiger partial charge is 0.439 e. The molecule has 2 N–H and O–H groups in total. The van der Waals surface area contributed by atoms with E-state index >= 15 is 0 Å². The monoisotopic (exact) mass is 221 g/mol. The lowest BCUT2D eigenvalue weighted by Gasteiger charge is -2.04. The Morgan fingerprint density at radius 2 is 1.87 bits per heavy atom. The lowest BCUT2D eigenvalue weighted by Crippen LogP contribution is -1.97. The molecule has 0 saturated heterocycles. The quantitative estimate of drug-likeness (QED) is 0.792. The standard InChI is InChI=1S/C10H8ClN3O/c11-8-6-9(14-10(12)13-8)15-7-4-2-1-3-5-7/h1-6H,(H2,12,13,14). The van der Waals surface area contributed by atoms with Crippen molar-refractivity contribution in [3.63, 3.8) is 0 Å². The number of rotatable bonds is 2. The molecule has 2 aromatic rings. The summed E-state index contributed by atoms with van der Waals surface area (Å²) in [5.74, 6) is 1.10. The lowest BCUT2D eigenvalue weighted by atomic mass is 10.3. The number of aromatic nitrogens is 2. The van der Waals surface area contributed by atoms with E-state index in [0.717, 1.165) is 0 Å². The summed E-state index contributed by atoms with van der Waals surface area (Å²) in [7, 11) is 0. The van der Waals surface area contributed by atoms with Gasteiger partial charge >= 0.3 is 0 Å². The van der Waals surface area contributed by atoms with Gasteiger partial charge in [-0.2, -0.15) is 4.98 Å². The van der Waals surface area contributed by atoms with Crippen LogP contribution < -0.4 is 10.5 Å². The minimum Gasteiger partial charge on any atom is -0.439 e. The molecular weight excluding hydrogens is 214 g/mol. The zero-order valence-electron chi connectivity index (χ0n) is 7.72. The van der Waals surface area contributed by atoms with Gasteiger partial charge in [0.25, 0.3) is 0 Å². The molecule has 0 radical (unpaired) electrons. The van der Waals surface area contributed by atoms with Crippen molar-refractivity contribution in [1.29, 1.82) is 0 Å². The smallest absolute Gasteiger partial charge is 0.225 e. The number of hydrogen-bond acceptors (Lipinski definition) is 4. The van der Waals surface area contributed by atoms with E-state index in [1.54, 1.807) is 0 Å². The van der Waals surface area contributed by atoms with Crippen molar-refractivity contribution >= 4 is 17.5 Å². The van der Waals surface area contributed by atoms with Gasteiger partial charge in [0.1, 0.15) is 10.9 Å². The Balaban J connectivity index is 2.25. The van der Waals surface area contributed by atoms with E-state index in [9.17, 15) is 0 Å². The number of ether oxygens (including phenoxy) is 1. The molecule has 1 aromatic heterocycles. The Labute approximate surface area is 91.7 Å². The van der Waals surface area contributed by atoms with Crippen LogP contribution in [0, 0.1) is 0 Å². The zero-order valence-corrected chi connectivity index (χ0v) is 8.48. The Bertz CT molecular complexity index is 441. The molecule has 2 rings (SSSR count). The van der Waals surface area contributed by atoms with E-state index in [1.165, 1.54) is 6.07 Å².